The fourth-order valence-corrected chi connectivity index (χ4v) is 2.70. The molecule has 0 spiro atoms. The quantitative estimate of drug-likeness (QED) is 0.644. The van der Waals surface area contributed by atoms with Crippen molar-refractivity contribution >= 4 is 5.69 Å². The van der Waals surface area contributed by atoms with Gasteiger partial charge in [-0.15, -0.1) is 0 Å². The third kappa shape index (κ3) is 3.29. The number of nitro benzene ring substituents is 1. The van der Waals surface area contributed by atoms with Gasteiger partial charge in [-0.3, -0.25) is 10.1 Å². The molecule has 0 bridgehead atoms. The summed E-state index contributed by atoms with van der Waals surface area (Å²) >= 11 is 0. The number of para-hydroxylation sites is 1. The van der Waals surface area contributed by atoms with Gasteiger partial charge in [0.05, 0.1) is 4.92 Å². The van der Waals surface area contributed by atoms with Gasteiger partial charge in [0.1, 0.15) is 0 Å². The Morgan fingerprint density at radius 2 is 2.17 bits per heavy atom. The topological polar surface area (TPSA) is 55.2 Å². The average Bonchev–Trinajstić information content (AvgIpc) is 2.75. The van der Waals surface area contributed by atoms with Crippen molar-refractivity contribution in [3.63, 3.8) is 0 Å². The van der Waals surface area contributed by atoms with Crippen molar-refractivity contribution in [2.45, 2.75) is 38.6 Å². The van der Waals surface area contributed by atoms with Crippen LogP contribution in [0.1, 0.15) is 31.7 Å². The Balaban J connectivity index is 1.85. The lowest BCUT2D eigenvalue weighted by Crippen LogP contribution is -2.28. The third-order valence-corrected chi connectivity index (χ3v) is 3.71. The minimum Gasteiger partial charge on any atom is -0.314 e. The second-order valence-corrected chi connectivity index (χ2v) is 5.21. The molecular weight excluding hydrogens is 228 g/mol. The summed E-state index contributed by atoms with van der Waals surface area (Å²) in [5, 5.41) is 14.4. The zero-order chi connectivity index (χ0) is 13.0. The van der Waals surface area contributed by atoms with Gasteiger partial charge in [-0.25, -0.2) is 0 Å². The van der Waals surface area contributed by atoms with Gasteiger partial charge in [0, 0.05) is 17.7 Å². The predicted molar refractivity (Wildman–Crippen MR) is 71.6 cm³/mol. The molecule has 1 N–H and O–H groups in total. The van der Waals surface area contributed by atoms with Crippen LogP contribution >= 0.6 is 0 Å². The molecule has 0 amide bonds. The van der Waals surface area contributed by atoms with E-state index in [0.717, 1.165) is 24.4 Å². The summed E-state index contributed by atoms with van der Waals surface area (Å²) in [4.78, 5) is 10.6. The highest BCUT2D eigenvalue weighted by molar-refractivity contribution is 5.39. The molecule has 1 aliphatic rings. The van der Waals surface area contributed by atoms with Crippen molar-refractivity contribution in [2.75, 3.05) is 6.54 Å². The molecule has 0 aromatic heterocycles. The average molecular weight is 248 g/mol. The van der Waals surface area contributed by atoms with E-state index in [4.69, 9.17) is 0 Å². The Kier molecular flexibility index (Phi) is 4.31. The largest absolute Gasteiger partial charge is 0.314 e. The van der Waals surface area contributed by atoms with Crippen molar-refractivity contribution in [1.29, 1.82) is 0 Å². The highest BCUT2D eigenvalue weighted by Crippen LogP contribution is 2.24. The van der Waals surface area contributed by atoms with Gasteiger partial charge in [0.2, 0.25) is 0 Å². The molecule has 2 atom stereocenters. The van der Waals surface area contributed by atoms with Crippen LogP contribution < -0.4 is 5.32 Å². The van der Waals surface area contributed by atoms with Gasteiger partial charge in [-0.2, -0.15) is 0 Å². The second kappa shape index (κ2) is 5.96. The van der Waals surface area contributed by atoms with Crippen molar-refractivity contribution in [3.8, 4) is 0 Å². The van der Waals surface area contributed by atoms with Crippen LogP contribution in [0.3, 0.4) is 0 Å². The van der Waals surface area contributed by atoms with E-state index in [9.17, 15) is 10.1 Å². The normalized spacial score (nSPS) is 23.2. The number of nitro groups is 1. The van der Waals surface area contributed by atoms with Gasteiger partial charge in [0.15, 0.2) is 0 Å². The second-order valence-electron chi connectivity index (χ2n) is 5.21. The predicted octanol–water partition coefficient (Wildman–Crippen LogP) is 2.92. The molecule has 1 saturated carbocycles. The molecule has 2 rings (SSSR count). The molecule has 98 valence electrons. The molecule has 18 heavy (non-hydrogen) atoms. The highest BCUT2D eigenvalue weighted by atomic mass is 16.6. The van der Waals surface area contributed by atoms with Crippen LogP contribution in [0, 0.1) is 16.0 Å². The van der Waals surface area contributed by atoms with E-state index in [1.165, 1.54) is 19.3 Å². The van der Waals surface area contributed by atoms with Crippen LogP contribution in [0.15, 0.2) is 24.3 Å². The maximum atomic E-state index is 10.9. The summed E-state index contributed by atoms with van der Waals surface area (Å²) < 4.78 is 0. The van der Waals surface area contributed by atoms with E-state index in [2.05, 4.69) is 12.2 Å². The maximum absolute atomic E-state index is 10.9. The Morgan fingerprint density at radius 3 is 2.83 bits per heavy atom. The summed E-state index contributed by atoms with van der Waals surface area (Å²) in [7, 11) is 0. The van der Waals surface area contributed by atoms with Gasteiger partial charge in [-0.1, -0.05) is 25.1 Å². The van der Waals surface area contributed by atoms with Crippen LogP contribution in [0.2, 0.25) is 0 Å². The van der Waals surface area contributed by atoms with E-state index in [1.807, 2.05) is 12.1 Å². The molecule has 0 aliphatic heterocycles. The molecule has 1 aliphatic carbocycles. The smallest absolute Gasteiger partial charge is 0.272 e. The number of rotatable bonds is 5. The third-order valence-electron chi connectivity index (χ3n) is 3.71. The van der Waals surface area contributed by atoms with E-state index in [-0.39, 0.29) is 10.6 Å². The standard InChI is InChI=1S/C14H20N2O2/c1-11-6-7-13(10-11)15-9-8-12-4-2-3-5-14(12)16(17)18/h2-5,11,13,15H,6-10H2,1H3. The van der Waals surface area contributed by atoms with Crippen molar-refractivity contribution in [1.82, 2.24) is 5.32 Å². The number of benzene rings is 1. The number of nitrogens with one attached hydrogen (secondary N) is 1. The fraction of sp³-hybridized carbons (Fsp3) is 0.571. The fourth-order valence-electron chi connectivity index (χ4n) is 2.70. The number of hydrogen-bond donors (Lipinski definition) is 1. The van der Waals surface area contributed by atoms with Crippen LogP contribution in [0.25, 0.3) is 0 Å². The molecule has 1 aromatic rings. The molecule has 0 heterocycles. The van der Waals surface area contributed by atoms with Crippen molar-refractivity contribution in [3.05, 3.63) is 39.9 Å². The summed E-state index contributed by atoms with van der Waals surface area (Å²) in [6.45, 7) is 3.10. The monoisotopic (exact) mass is 248 g/mol. The number of hydrogen-bond acceptors (Lipinski definition) is 3. The van der Waals surface area contributed by atoms with E-state index in [1.54, 1.807) is 12.1 Å². The van der Waals surface area contributed by atoms with Crippen LogP contribution in [0.5, 0.6) is 0 Å². The van der Waals surface area contributed by atoms with Crippen LogP contribution in [0.4, 0.5) is 5.69 Å². The molecule has 4 heteroatoms. The van der Waals surface area contributed by atoms with Crippen molar-refractivity contribution < 1.29 is 4.92 Å². The zero-order valence-electron chi connectivity index (χ0n) is 10.8. The van der Waals surface area contributed by atoms with Gasteiger partial charge >= 0.3 is 0 Å². The van der Waals surface area contributed by atoms with E-state index < -0.39 is 0 Å². The lowest BCUT2D eigenvalue weighted by atomic mass is 10.1. The first kappa shape index (κ1) is 13.0. The highest BCUT2D eigenvalue weighted by Gasteiger charge is 2.20. The minimum atomic E-state index is -0.299. The van der Waals surface area contributed by atoms with Gasteiger partial charge in [-0.05, 0) is 38.1 Å². The SMILES string of the molecule is CC1CCC(NCCc2ccccc2[N+](=O)[O-])C1. The van der Waals surface area contributed by atoms with Crippen LogP contribution in [-0.2, 0) is 6.42 Å². The molecule has 4 nitrogen and oxygen atoms in total. The lowest BCUT2D eigenvalue weighted by molar-refractivity contribution is -0.385. The minimum absolute atomic E-state index is 0.235. The summed E-state index contributed by atoms with van der Waals surface area (Å²) in [6.07, 6.45) is 4.49. The summed E-state index contributed by atoms with van der Waals surface area (Å²) in [6, 6.07) is 7.60. The van der Waals surface area contributed by atoms with Gasteiger partial charge < -0.3 is 5.32 Å². The number of nitrogens with zero attached hydrogens (tertiary/aromatic N) is 1. The van der Waals surface area contributed by atoms with Crippen LogP contribution in [-0.4, -0.2) is 17.5 Å². The molecule has 1 aromatic carbocycles. The summed E-state index contributed by atoms with van der Waals surface area (Å²) in [5.41, 5.74) is 1.06. The Morgan fingerprint density at radius 1 is 1.39 bits per heavy atom. The first-order chi connectivity index (χ1) is 8.66. The summed E-state index contributed by atoms with van der Waals surface area (Å²) in [5.74, 6) is 0.813. The van der Waals surface area contributed by atoms with E-state index >= 15 is 0 Å². The first-order valence-corrected chi connectivity index (χ1v) is 6.62. The Bertz CT molecular complexity index is 420. The van der Waals surface area contributed by atoms with Gasteiger partial charge in [0.25, 0.3) is 5.69 Å². The van der Waals surface area contributed by atoms with Crippen molar-refractivity contribution in [2.24, 2.45) is 5.92 Å². The first-order valence-electron chi connectivity index (χ1n) is 6.62. The Labute approximate surface area is 108 Å². The zero-order valence-corrected chi connectivity index (χ0v) is 10.8. The molecule has 1 fully saturated rings. The Hall–Kier alpha value is -1.42. The lowest BCUT2D eigenvalue weighted by Gasteiger charge is -2.12. The molecule has 0 radical (unpaired) electrons. The molecule has 0 saturated heterocycles. The van der Waals surface area contributed by atoms with E-state index in [0.29, 0.717) is 6.04 Å². The maximum Gasteiger partial charge on any atom is 0.272 e. The molecular formula is C14H20N2O2. The molecule has 2 unspecified atom stereocenters.